The molecular weight excluding hydrogens is 206 g/mol. The van der Waals surface area contributed by atoms with E-state index in [0.29, 0.717) is 13.0 Å². The van der Waals surface area contributed by atoms with E-state index >= 15 is 0 Å². The predicted molar refractivity (Wildman–Crippen MR) is 64.1 cm³/mol. The molecule has 0 radical (unpaired) electrons. The topological polar surface area (TPSA) is 61.4 Å². The van der Waals surface area contributed by atoms with Gasteiger partial charge in [-0.1, -0.05) is 0 Å². The van der Waals surface area contributed by atoms with E-state index in [1.807, 2.05) is 20.8 Å². The number of carbonyl (C=O) groups is 2. The third kappa shape index (κ3) is 8.23. The molecular formula is C11H23N3O2. The minimum atomic E-state index is -0.198. The van der Waals surface area contributed by atoms with Gasteiger partial charge in [0, 0.05) is 32.6 Å². The van der Waals surface area contributed by atoms with Gasteiger partial charge < -0.3 is 15.5 Å². The molecule has 5 nitrogen and oxygen atoms in total. The van der Waals surface area contributed by atoms with Crippen LogP contribution < -0.4 is 10.6 Å². The Morgan fingerprint density at radius 2 is 1.75 bits per heavy atom. The Morgan fingerprint density at radius 3 is 2.19 bits per heavy atom. The fourth-order valence-corrected chi connectivity index (χ4v) is 1.04. The largest absolute Gasteiger partial charge is 0.351 e. The van der Waals surface area contributed by atoms with Crippen LogP contribution in [0.2, 0.25) is 0 Å². The molecule has 0 saturated heterocycles. The van der Waals surface area contributed by atoms with Gasteiger partial charge in [0.25, 0.3) is 0 Å². The van der Waals surface area contributed by atoms with Crippen molar-refractivity contribution in [2.45, 2.75) is 32.7 Å². The maximum atomic E-state index is 11.4. The van der Waals surface area contributed by atoms with Crippen LogP contribution in [0.3, 0.4) is 0 Å². The first kappa shape index (κ1) is 14.9. The Labute approximate surface area is 97.6 Å². The molecule has 0 atom stereocenters. The van der Waals surface area contributed by atoms with Gasteiger partial charge in [0.15, 0.2) is 0 Å². The van der Waals surface area contributed by atoms with Gasteiger partial charge >= 0.3 is 0 Å². The molecule has 0 aliphatic rings. The Bertz CT molecular complexity index is 244. The van der Waals surface area contributed by atoms with Crippen LogP contribution in [-0.4, -0.2) is 49.4 Å². The van der Waals surface area contributed by atoms with Crippen LogP contribution in [0.15, 0.2) is 0 Å². The quantitative estimate of drug-likeness (QED) is 0.651. The van der Waals surface area contributed by atoms with Gasteiger partial charge in [-0.25, -0.2) is 0 Å². The minimum absolute atomic E-state index is 0.00250. The number of carbonyl (C=O) groups excluding carboxylic acids is 2. The van der Waals surface area contributed by atoms with Crippen LogP contribution in [0, 0.1) is 0 Å². The van der Waals surface area contributed by atoms with Gasteiger partial charge in [0.1, 0.15) is 0 Å². The van der Waals surface area contributed by atoms with Crippen molar-refractivity contribution in [3.8, 4) is 0 Å². The summed E-state index contributed by atoms with van der Waals surface area (Å²) in [7, 11) is 3.41. The fourth-order valence-electron chi connectivity index (χ4n) is 1.04. The van der Waals surface area contributed by atoms with Crippen molar-refractivity contribution in [1.82, 2.24) is 15.5 Å². The van der Waals surface area contributed by atoms with E-state index in [1.54, 1.807) is 14.1 Å². The van der Waals surface area contributed by atoms with Gasteiger partial charge in [-0.05, 0) is 20.8 Å². The zero-order valence-electron chi connectivity index (χ0n) is 10.9. The van der Waals surface area contributed by atoms with Gasteiger partial charge in [0.05, 0.1) is 6.54 Å². The number of rotatable bonds is 5. The van der Waals surface area contributed by atoms with Crippen molar-refractivity contribution in [2.24, 2.45) is 0 Å². The highest BCUT2D eigenvalue weighted by atomic mass is 16.2. The summed E-state index contributed by atoms with van der Waals surface area (Å²) in [6.07, 6.45) is 0.387. The molecule has 0 aromatic rings. The van der Waals surface area contributed by atoms with Crippen molar-refractivity contribution in [2.75, 3.05) is 27.2 Å². The summed E-state index contributed by atoms with van der Waals surface area (Å²) in [4.78, 5) is 24.1. The zero-order valence-corrected chi connectivity index (χ0v) is 10.9. The SMILES string of the molecule is CN(C)C(=O)CNCCC(=O)NC(C)(C)C. The maximum Gasteiger partial charge on any atom is 0.236 e. The normalized spacial score (nSPS) is 11.1. The average molecular weight is 229 g/mol. The van der Waals surface area contributed by atoms with E-state index in [2.05, 4.69) is 10.6 Å². The Kier molecular flexibility index (Phi) is 6.03. The molecule has 0 aromatic carbocycles. The van der Waals surface area contributed by atoms with Crippen LogP contribution in [-0.2, 0) is 9.59 Å². The zero-order chi connectivity index (χ0) is 12.8. The summed E-state index contributed by atoms with van der Waals surface area (Å²) in [6, 6.07) is 0. The summed E-state index contributed by atoms with van der Waals surface area (Å²) < 4.78 is 0. The lowest BCUT2D eigenvalue weighted by molar-refractivity contribution is -0.128. The highest BCUT2D eigenvalue weighted by Gasteiger charge is 2.13. The highest BCUT2D eigenvalue weighted by Crippen LogP contribution is 1.98. The van der Waals surface area contributed by atoms with Crippen molar-refractivity contribution in [3.05, 3.63) is 0 Å². The number of nitrogens with zero attached hydrogens (tertiary/aromatic N) is 1. The first-order valence-corrected chi connectivity index (χ1v) is 5.44. The second-order valence-electron chi connectivity index (χ2n) is 5.01. The van der Waals surface area contributed by atoms with E-state index in [0.717, 1.165) is 0 Å². The molecule has 16 heavy (non-hydrogen) atoms. The van der Waals surface area contributed by atoms with Crippen LogP contribution in [0.4, 0.5) is 0 Å². The van der Waals surface area contributed by atoms with E-state index < -0.39 is 0 Å². The van der Waals surface area contributed by atoms with E-state index in [1.165, 1.54) is 4.90 Å². The Hall–Kier alpha value is -1.10. The summed E-state index contributed by atoms with van der Waals surface area (Å²) in [5.41, 5.74) is -0.198. The highest BCUT2D eigenvalue weighted by molar-refractivity contribution is 5.78. The van der Waals surface area contributed by atoms with Crippen LogP contribution >= 0.6 is 0 Å². The third-order valence-corrected chi connectivity index (χ3v) is 1.82. The predicted octanol–water partition coefficient (Wildman–Crippen LogP) is -0.0310. The molecule has 5 heteroatoms. The van der Waals surface area contributed by atoms with Crippen molar-refractivity contribution >= 4 is 11.8 Å². The molecule has 0 bridgehead atoms. The summed E-state index contributed by atoms with van der Waals surface area (Å²) in [5.74, 6) is 0.00790. The molecule has 0 spiro atoms. The fraction of sp³-hybridized carbons (Fsp3) is 0.818. The average Bonchev–Trinajstić information content (AvgIpc) is 2.08. The standard InChI is InChI=1S/C11H23N3O2/c1-11(2,3)13-9(15)6-7-12-8-10(16)14(4)5/h12H,6-8H2,1-5H3,(H,13,15). The molecule has 0 heterocycles. The van der Waals surface area contributed by atoms with Crippen LogP contribution in [0.25, 0.3) is 0 Å². The second-order valence-corrected chi connectivity index (χ2v) is 5.01. The van der Waals surface area contributed by atoms with Crippen molar-refractivity contribution < 1.29 is 9.59 Å². The second kappa shape index (κ2) is 6.48. The number of likely N-dealkylation sites (N-methyl/N-ethyl adjacent to an activating group) is 1. The number of nitrogens with one attached hydrogen (secondary N) is 2. The van der Waals surface area contributed by atoms with Crippen molar-refractivity contribution in [1.29, 1.82) is 0 Å². The van der Waals surface area contributed by atoms with Crippen LogP contribution in [0.5, 0.6) is 0 Å². The molecule has 0 fully saturated rings. The summed E-state index contributed by atoms with van der Waals surface area (Å²) in [6.45, 7) is 6.60. The Morgan fingerprint density at radius 1 is 1.19 bits per heavy atom. The minimum Gasteiger partial charge on any atom is -0.351 e. The van der Waals surface area contributed by atoms with E-state index in [9.17, 15) is 9.59 Å². The van der Waals surface area contributed by atoms with Gasteiger partial charge in [-0.2, -0.15) is 0 Å². The molecule has 2 N–H and O–H groups in total. The molecule has 0 aliphatic carbocycles. The lowest BCUT2D eigenvalue weighted by atomic mass is 10.1. The van der Waals surface area contributed by atoms with Crippen molar-refractivity contribution in [3.63, 3.8) is 0 Å². The molecule has 0 rings (SSSR count). The lowest BCUT2D eigenvalue weighted by Crippen LogP contribution is -2.42. The van der Waals surface area contributed by atoms with Gasteiger partial charge in [0.2, 0.25) is 11.8 Å². The smallest absolute Gasteiger partial charge is 0.236 e. The Balaban J connectivity index is 3.60. The first-order valence-electron chi connectivity index (χ1n) is 5.44. The molecule has 0 aromatic heterocycles. The monoisotopic (exact) mass is 229 g/mol. The summed E-state index contributed by atoms with van der Waals surface area (Å²) >= 11 is 0. The molecule has 2 amide bonds. The van der Waals surface area contributed by atoms with E-state index in [-0.39, 0.29) is 23.9 Å². The number of amides is 2. The summed E-state index contributed by atoms with van der Waals surface area (Å²) in [5, 5.41) is 5.79. The molecule has 94 valence electrons. The molecule has 0 aliphatic heterocycles. The molecule has 0 saturated carbocycles. The lowest BCUT2D eigenvalue weighted by Gasteiger charge is -2.20. The maximum absolute atomic E-state index is 11.4. The van der Waals surface area contributed by atoms with Crippen LogP contribution in [0.1, 0.15) is 27.2 Å². The molecule has 0 unspecified atom stereocenters. The number of hydrogen-bond donors (Lipinski definition) is 2. The van der Waals surface area contributed by atoms with E-state index in [4.69, 9.17) is 0 Å². The van der Waals surface area contributed by atoms with Gasteiger partial charge in [-0.15, -0.1) is 0 Å². The van der Waals surface area contributed by atoms with Gasteiger partial charge in [-0.3, -0.25) is 9.59 Å². The third-order valence-electron chi connectivity index (χ3n) is 1.82. The first-order chi connectivity index (χ1) is 7.22. The number of hydrogen-bond acceptors (Lipinski definition) is 3.